The Morgan fingerprint density at radius 1 is 1.29 bits per heavy atom. The molecule has 5 nitrogen and oxygen atoms in total. The predicted molar refractivity (Wildman–Crippen MR) is 76.8 cm³/mol. The van der Waals surface area contributed by atoms with Gasteiger partial charge in [0.25, 0.3) is 5.91 Å². The van der Waals surface area contributed by atoms with Crippen LogP contribution in [0.25, 0.3) is 0 Å². The number of H-pyrrole nitrogens is 1. The van der Waals surface area contributed by atoms with Crippen molar-refractivity contribution in [2.45, 2.75) is 25.4 Å². The fourth-order valence-corrected chi connectivity index (χ4v) is 3.19. The molecule has 108 valence electrons. The Hall–Kier alpha value is -2.14. The van der Waals surface area contributed by atoms with E-state index >= 15 is 0 Å². The molecule has 1 N–H and O–H groups in total. The van der Waals surface area contributed by atoms with Crippen LogP contribution in [0, 0.1) is 0 Å². The third kappa shape index (κ3) is 2.14. The third-order valence-corrected chi connectivity index (χ3v) is 4.37. The first-order valence-corrected chi connectivity index (χ1v) is 7.30. The molecule has 1 amide bonds. The molecule has 0 saturated carbocycles. The number of fused-ring (bicyclic) bond motifs is 1. The van der Waals surface area contributed by atoms with Crippen LogP contribution < -0.4 is 0 Å². The molecule has 3 heterocycles. The van der Waals surface area contributed by atoms with E-state index in [9.17, 15) is 4.79 Å². The summed E-state index contributed by atoms with van der Waals surface area (Å²) in [5, 5.41) is 7.08. The summed E-state index contributed by atoms with van der Waals surface area (Å²) in [5.41, 5.74) is 4.09. The second-order valence-electron chi connectivity index (χ2n) is 5.69. The quantitative estimate of drug-likeness (QED) is 0.918. The maximum atomic E-state index is 12.8. The fourth-order valence-electron chi connectivity index (χ4n) is 3.19. The lowest BCUT2D eigenvalue weighted by Gasteiger charge is -2.16. The molecule has 2 aromatic rings. The van der Waals surface area contributed by atoms with Crippen LogP contribution in [-0.4, -0.2) is 34.2 Å². The molecule has 4 rings (SSSR count). The minimum Gasteiger partial charge on any atom is -0.381 e. The van der Waals surface area contributed by atoms with Crippen LogP contribution >= 0.6 is 0 Å². The molecule has 0 radical (unpaired) electrons. The number of carbonyl (C=O) groups excluding carboxylic acids is 1. The molecule has 1 fully saturated rings. The molecule has 1 aromatic carbocycles. The Kier molecular flexibility index (Phi) is 3.00. The van der Waals surface area contributed by atoms with Crippen molar-refractivity contribution in [3.05, 3.63) is 52.8 Å². The summed E-state index contributed by atoms with van der Waals surface area (Å²) in [5.74, 6) is 0.318. The molecule has 0 aliphatic carbocycles. The van der Waals surface area contributed by atoms with Gasteiger partial charge >= 0.3 is 0 Å². The van der Waals surface area contributed by atoms with Gasteiger partial charge in [-0.3, -0.25) is 9.89 Å². The van der Waals surface area contributed by atoms with Crippen LogP contribution in [0.5, 0.6) is 0 Å². The first kappa shape index (κ1) is 12.6. The lowest BCUT2D eigenvalue weighted by Crippen LogP contribution is -2.26. The van der Waals surface area contributed by atoms with E-state index in [4.69, 9.17) is 4.74 Å². The number of carbonyl (C=O) groups is 1. The van der Waals surface area contributed by atoms with Gasteiger partial charge in [0.1, 0.15) is 0 Å². The second-order valence-corrected chi connectivity index (χ2v) is 5.69. The van der Waals surface area contributed by atoms with Gasteiger partial charge in [0.15, 0.2) is 0 Å². The smallest absolute Gasteiger partial charge is 0.257 e. The normalized spacial score (nSPS) is 20.8. The van der Waals surface area contributed by atoms with E-state index < -0.39 is 0 Å². The van der Waals surface area contributed by atoms with E-state index in [0.717, 1.165) is 18.7 Å². The standard InChI is InChI=1S/C16H17N3O2/c20-16(19-8-11-3-1-2-4-12(11)9-19)14-7-17-18-15(14)13-5-6-21-10-13/h1-4,7,13H,5-6,8-10H2,(H,17,18). The number of rotatable bonds is 2. The van der Waals surface area contributed by atoms with Crippen LogP contribution in [0.2, 0.25) is 0 Å². The van der Waals surface area contributed by atoms with Crippen molar-refractivity contribution in [1.29, 1.82) is 0 Å². The molecule has 2 aliphatic heterocycles. The number of hydrogen-bond donors (Lipinski definition) is 1. The van der Waals surface area contributed by atoms with E-state index in [0.29, 0.717) is 25.3 Å². The zero-order valence-corrected chi connectivity index (χ0v) is 11.7. The highest BCUT2D eigenvalue weighted by molar-refractivity contribution is 5.95. The minimum atomic E-state index is 0.0573. The Morgan fingerprint density at radius 2 is 2.05 bits per heavy atom. The van der Waals surface area contributed by atoms with Gasteiger partial charge < -0.3 is 9.64 Å². The predicted octanol–water partition coefficient (Wildman–Crippen LogP) is 2.07. The topological polar surface area (TPSA) is 58.2 Å². The Bertz CT molecular complexity index is 649. The van der Waals surface area contributed by atoms with Crippen molar-refractivity contribution in [2.75, 3.05) is 13.2 Å². The third-order valence-electron chi connectivity index (χ3n) is 4.37. The van der Waals surface area contributed by atoms with Gasteiger partial charge in [-0.2, -0.15) is 5.10 Å². The largest absolute Gasteiger partial charge is 0.381 e. The molecule has 0 spiro atoms. The number of amides is 1. The van der Waals surface area contributed by atoms with Gasteiger partial charge in [-0.25, -0.2) is 0 Å². The minimum absolute atomic E-state index is 0.0573. The van der Waals surface area contributed by atoms with Gasteiger partial charge in [-0.05, 0) is 17.5 Å². The summed E-state index contributed by atoms with van der Waals surface area (Å²) in [6.45, 7) is 2.79. The highest BCUT2D eigenvalue weighted by Crippen LogP contribution is 2.29. The van der Waals surface area contributed by atoms with Gasteiger partial charge in [-0.15, -0.1) is 0 Å². The summed E-state index contributed by atoms with van der Waals surface area (Å²) in [6.07, 6.45) is 2.60. The van der Waals surface area contributed by atoms with Gasteiger partial charge in [-0.1, -0.05) is 24.3 Å². The maximum Gasteiger partial charge on any atom is 0.257 e. The lowest BCUT2D eigenvalue weighted by molar-refractivity contribution is 0.0749. The van der Waals surface area contributed by atoms with Gasteiger partial charge in [0.05, 0.1) is 24.1 Å². The molecular weight excluding hydrogens is 266 g/mol. The summed E-state index contributed by atoms with van der Waals surface area (Å²) >= 11 is 0. The van der Waals surface area contributed by atoms with E-state index in [2.05, 4.69) is 22.3 Å². The van der Waals surface area contributed by atoms with Crippen LogP contribution in [0.15, 0.2) is 30.5 Å². The Balaban J connectivity index is 1.58. The van der Waals surface area contributed by atoms with Crippen LogP contribution in [-0.2, 0) is 17.8 Å². The highest BCUT2D eigenvalue weighted by atomic mass is 16.5. The van der Waals surface area contributed by atoms with E-state index in [-0.39, 0.29) is 11.8 Å². The average molecular weight is 283 g/mol. The number of aromatic amines is 1. The molecule has 5 heteroatoms. The second kappa shape index (κ2) is 5.00. The monoisotopic (exact) mass is 283 g/mol. The van der Waals surface area contributed by atoms with Crippen molar-refractivity contribution in [1.82, 2.24) is 15.1 Å². The summed E-state index contributed by atoms with van der Waals surface area (Å²) < 4.78 is 5.42. The van der Waals surface area contributed by atoms with Crippen molar-refractivity contribution in [2.24, 2.45) is 0 Å². The molecule has 1 atom stereocenters. The maximum absolute atomic E-state index is 12.8. The van der Waals surface area contributed by atoms with Crippen LogP contribution in [0.1, 0.15) is 39.5 Å². The Morgan fingerprint density at radius 3 is 2.71 bits per heavy atom. The number of hydrogen-bond acceptors (Lipinski definition) is 3. The van der Waals surface area contributed by atoms with E-state index in [1.807, 2.05) is 17.0 Å². The zero-order valence-electron chi connectivity index (χ0n) is 11.7. The molecule has 0 bridgehead atoms. The number of aromatic nitrogens is 2. The average Bonchev–Trinajstić information content (AvgIpc) is 3.23. The summed E-state index contributed by atoms with van der Waals surface area (Å²) in [7, 11) is 0. The van der Waals surface area contributed by atoms with Crippen molar-refractivity contribution in [3.63, 3.8) is 0 Å². The zero-order chi connectivity index (χ0) is 14.2. The van der Waals surface area contributed by atoms with Crippen LogP contribution in [0.4, 0.5) is 0 Å². The fraction of sp³-hybridized carbons (Fsp3) is 0.375. The number of nitrogens with zero attached hydrogens (tertiary/aromatic N) is 2. The van der Waals surface area contributed by atoms with E-state index in [1.165, 1.54) is 11.1 Å². The van der Waals surface area contributed by atoms with Gasteiger partial charge in [0.2, 0.25) is 0 Å². The van der Waals surface area contributed by atoms with Gasteiger partial charge in [0, 0.05) is 25.6 Å². The van der Waals surface area contributed by atoms with Crippen LogP contribution in [0.3, 0.4) is 0 Å². The number of benzene rings is 1. The van der Waals surface area contributed by atoms with E-state index in [1.54, 1.807) is 6.20 Å². The lowest BCUT2D eigenvalue weighted by atomic mass is 10.0. The summed E-state index contributed by atoms with van der Waals surface area (Å²) in [6, 6.07) is 8.21. The van der Waals surface area contributed by atoms with Crippen molar-refractivity contribution >= 4 is 5.91 Å². The molecule has 1 aromatic heterocycles. The van der Waals surface area contributed by atoms with Crippen molar-refractivity contribution in [3.8, 4) is 0 Å². The molecule has 2 aliphatic rings. The first-order valence-electron chi connectivity index (χ1n) is 7.30. The molecule has 1 saturated heterocycles. The van der Waals surface area contributed by atoms with Crippen molar-refractivity contribution < 1.29 is 9.53 Å². The highest BCUT2D eigenvalue weighted by Gasteiger charge is 2.30. The SMILES string of the molecule is O=C(c1cn[nH]c1C1CCOC1)N1Cc2ccccc2C1. The number of ether oxygens (including phenoxy) is 1. The molecule has 21 heavy (non-hydrogen) atoms. The number of nitrogens with one attached hydrogen (secondary N) is 1. The summed E-state index contributed by atoms with van der Waals surface area (Å²) in [4.78, 5) is 14.7. The first-order chi connectivity index (χ1) is 10.3. The Labute approximate surface area is 122 Å². The molecular formula is C16H17N3O2. The molecule has 1 unspecified atom stereocenters.